The van der Waals surface area contributed by atoms with Crippen LogP contribution in [0.15, 0.2) is 6.20 Å². The summed E-state index contributed by atoms with van der Waals surface area (Å²) in [7, 11) is 3.45. The second-order valence-electron chi connectivity index (χ2n) is 5.72. The van der Waals surface area contributed by atoms with Crippen LogP contribution in [0.3, 0.4) is 0 Å². The zero-order chi connectivity index (χ0) is 14.3. The number of carbonyl (C=O) groups is 1. The number of rotatable bonds is 3. The lowest BCUT2D eigenvalue weighted by molar-refractivity contribution is -0.154. The average Bonchev–Trinajstić information content (AvgIpc) is 2.78. The van der Waals surface area contributed by atoms with Crippen LogP contribution in [0.2, 0.25) is 0 Å². The predicted molar refractivity (Wildman–Crippen MR) is 70.9 cm³/mol. The molecule has 0 unspecified atom stereocenters. The van der Waals surface area contributed by atoms with Gasteiger partial charge in [0.05, 0.1) is 24.5 Å². The van der Waals surface area contributed by atoms with Crippen molar-refractivity contribution in [2.75, 3.05) is 20.3 Å². The topological polar surface area (TPSA) is 47.4 Å². The van der Waals surface area contributed by atoms with Gasteiger partial charge in [0.1, 0.15) is 0 Å². The zero-order valence-corrected chi connectivity index (χ0v) is 11.9. The Labute approximate surface area is 117 Å². The van der Waals surface area contributed by atoms with Crippen molar-refractivity contribution in [2.24, 2.45) is 7.05 Å². The minimum atomic E-state index is -1.65. The van der Waals surface area contributed by atoms with Gasteiger partial charge in [0.2, 0.25) is 0 Å². The second kappa shape index (κ2) is 4.84. The van der Waals surface area contributed by atoms with Crippen molar-refractivity contribution in [2.45, 2.75) is 37.4 Å². The molecule has 1 aliphatic heterocycles. The molecule has 0 saturated heterocycles. The van der Waals surface area contributed by atoms with Gasteiger partial charge in [-0.25, -0.2) is 4.39 Å². The van der Waals surface area contributed by atoms with Crippen molar-refractivity contribution in [1.29, 1.82) is 0 Å². The molecule has 0 bridgehead atoms. The van der Waals surface area contributed by atoms with Gasteiger partial charge in [0.15, 0.2) is 5.67 Å². The van der Waals surface area contributed by atoms with Crippen molar-refractivity contribution in [1.82, 2.24) is 14.7 Å². The predicted octanol–water partition coefficient (Wildman–Crippen LogP) is 1.38. The van der Waals surface area contributed by atoms with Crippen LogP contribution >= 0.6 is 0 Å². The van der Waals surface area contributed by atoms with E-state index in [0.717, 1.165) is 24.1 Å². The van der Waals surface area contributed by atoms with Gasteiger partial charge < -0.3 is 9.64 Å². The van der Waals surface area contributed by atoms with E-state index in [1.165, 1.54) is 0 Å². The Morgan fingerprint density at radius 3 is 2.95 bits per heavy atom. The maximum absolute atomic E-state index is 14.4. The van der Waals surface area contributed by atoms with Gasteiger partial charge in [0.25, 0.3) is 5.91 Å². The molecule has 1 amide bonds. The summed E-state index contributed by atoms with van der Waals surface area (Å²) in [6.45, 7) is 0.908. The SMILES string of the molecule is COC[C@H]1c2c(cnn2C)CCN1C(=O)C1(F)CCC1. The Kier molecular flexibility index (Phi) is 3.28. The summed E-state index contributed by atoms with van der Waals surface area (Å²) in [6, 6.07) is -0.239. The molecule has 6 heteroatoms. The molecule has 5 nitrogen and oxygen atoms in total. The highest BCUT2D eigenvalue weighted by Crippen LogP contribution is 2.40. The Balaban J connectivity index is 1.91. The lowest BCUT2D eigenvalue weighted by Gasteiger charge is -2.42. The van der Waals surface area contributed by atoms with E-state index in [1.807, 2.05) is 13.2 Å². The minimum absolute atomic E-state index is 0.239. The minimum Gasteiger partial charge on any atom is -0.382 e. The fourth-order valence-corrected chi connectivity index (χ4v) is 3.19. The van der Waals surface area contributed by atoms with E-state index >= 15 is 0 Å². The van der Waals surface area contributed by atoms with E-state index in [0.29, 0.717) is 26.0 Å². The van der Waals surface area contributed by atoms with E-state index in [4.69, 9.17) is 4.74 Å². The van der Waals surface area contributed by atoms with Crippen LogP contribution < -0.4 is 0 Å². The fourth-order valence-electron chi connectivity index (χ4n) is 3.19. The molecule has 1 saturated carbocycles. The number of hydrogen-bond acceptors (Lipinski definition) is 3. The van der Waals surface area contributed by atoms with E-state index in [1.54, 1.807) is 16.7 Å². The maximum Gasteiger partial charge on any atom is 0.260 e. The number of fused-ring (bicyclic) bond motifs is 1. The highest BCUT2D eigenvalue weighted by atomic mass is 19.1. The Morgan fingerprint density at radius 2 is 2.35 bits per heavy atom. The van der Waals surface area contributed by atoms with Crippen molar-refractivity contribution in [3.8, 4) is 0 Å². The number of alkyl halides is 1. The Hall–Kier alpha value is -1.43. The van der Waals surface area contributed by atoms with Gasteiger partial charge in [-0.1, -0.05) is 0 Å². The monoisotopic (exact) mass is 281 g/mol. The number of ether oxygens (including phenoxy) is 1. The molecule has 1 aliphatic carbocycles. The number of amides is 1. The number of carbonyl (C=O) groups excluding carboxylic acids is 1. The van der Waals surface area contributed by atoms with Crippen molar-refractivity contribution >= 4 is 5.91 Å². The highest BCUT2D eigenvalue weighted by Gasteiger charge is 2.49. The smallest absolute Gasteiger partial charge is 0.260 e. The third kappa shape index (κ3) is 1.93. The quantitative estimate of drug-likeness (QED) is 0.841. The van der Waals surface area contributed by atoms with Crippen molar-refractivity contribution < 1.29 is 13.9 Å². The lowest BCUT2D eigenvalue weighted by atomic mass is 9.80. The number of aryl methyl sites for hydroxylation is 1. The molecule has 3 rings (SSSR count). The van der Waals surface area contributed by atoms with Crippen molar-refractivity contribution in [3.63, 3.8) is 0 Å². The number of methoxy groups -OCH3 is 1. The molecule has 1 aromatic rings. The summed E-state index contributed by atoms with van der Waals surface area (Å²) in [5.74, 6) is -0.377. The van der Waals surface area contributed by atoms with Crippen LogP contribution in [0.25, 0.3) is 0 Å². The van der Waals surface area contributed by atoms with Gasteiger partial charge in [-0.15, -0.1) is 0 Å². The molecular formula is C14H20FN3O2. The summed E-state index contributed by atoms with van der Waals surface area (Å²) in [4.78, 5) is 14.1. The van der Waals surface area contributed by atoms with E-state index in [2.05, 4.69) is 5.10 Å². The van der Waals surface area contributed by atoms with Crippen LogP contribution in [0, 0.1) is 0 Å². The highest BCUT2D eigenvalue weighted by molar-refractivity contribution is 5.86. The fraction of sp³-hybridized carbons (Fsp3) is 0.714. The molecule has 0 radical (unpaired) electrons. The summed E-state index contributed by atoms with van der Waals surface area (Å²) in [5.41, 5.74) is 0.441. The standard InChI is InChI=1S/C14H20FN3O2/c1-17-12-10(8-16-17)4-7-18(11(12)9-20-2)13(19)14(15)5-3-6-14/h8,11H,3-7,9H2,1-2H3/t11-/m0/s1. The molecule has 110 valence electrons. The Bertz CT molecular complexity index is 524. The maximum atomic E-state index is 14.4. The van der Waals surface area contributed by atoms with Crippen LogP contribution in [0.1, 0.15) is 36.6 Å². The van der Waals surface area contributed by atoms with Crippen LogP contribution in [-0.2, 0) is 23.0 Å². The lowest BCUT2D eigenvalue weighted by Crippen LogP contribution is -2.54. The van der Waals surface area contributed by atoms with Gasteiger partial charge in [-0.3, -0.25) is 9.48 Å². The van der Waals surface area contributed by atoms with Crippen LogP contribution in [0.5, 0.6) is 0 Å². The summed E-state index contributed by atoms with van der Waals surface area (Å²) in [5, 5.41) is 4.25. The third-order valence-corrected chi connectivity index (χ3v) is 4.49. The molecule has 20 heavy (non-hydrogen) atoms. The number of aromatic nitrogens is 2. The first-order chi connectivity index (χ1) is 9.57. The first-order valence-electron chi connectivity index (χ1n) is 7.06. The molecule has 0 aromatic carbocycles. The molecule has 0 N–H and O–H groups in total. The summed E-state index contributed by atoms with van der Waals surface area (Å²) >= 11 is 0. The molecule has 1 aromatic heterocycles. The first kappa shape index (κ1) is 13.5. The van der Waals surface area contributed by atoms with Gasteiger partial charge in [0, 0.05) is 20.7 Å². The summed E-state index contributed by atoms with van der Waals surface area (Å²) in [6.07, 6.45) is 4.04. The van der Waals surface area contributed by atoms with E-state index < -0.39 is 5.67 Å². The van der Waals surface area contributed by atoms with Gasteiger partial charge in [-0.2, -0.15) is 5.10 Å². The van der Waals surface area contributed by atoms with Crippen LogP contribution in [-0.4, -0.2) is 46.5 Å². The number of hydrogen-bond donors (Lipinski definition) is 0. The first-order valence-corrected chi connectivity index (χ1v) is 7.06. The normalized spacial score (nSPS) is 24.1. The molecular weight excluding hydrogens is 261 g/mol. The van der Waals surface area contributed by atoms with Gasteiger partial charge in [-0.05, 0) is 31.2 Å². The van der Waals surface area contributed by atoms with Crippen molar-refractivity contribution in [3.05, 3.63) is 17.5 Å². The molecule has 1 fully saturated rings. The van der Waals surface area contributed by atoms with Crippen LogP contribution in [0.4, 0.5) is 4.39 Å². The van der Waals surface area contributed by atoms with E-state index in [9.17, 15) is 9.18 Å². The third-order valence-electron chi connectivity index (χ3n) is 4.49. The largest absolute Gasteiger partial charge is 0.382 e. The Morgan fingerprint density at radius 1 is 1.60 bits per heavy atom. The second-order valence-corrected chi connectivity index (χ2v) is 5.72. The zero-order valence-electron chi connectivity index (χ0n) is 11.9. The van der Waals surface area contributed by atoms with E-state index in [-0.39, 0.29) is 11.9 Å². The van der Waals surface area contributed by atoms with Gasteiger partial charge >= 0.3 is 0 Å². The number of nitrogens with zero attached hydrogens (tertiary/aromatic N) is 3. The average molecular weight is 281 g/mol. The molecule has 0 spiro atoms. The molecule has 1 atom stereocenters. The summed E-state index contributed by atoms with van der Waals surface area (Å²) < 4.78 is 21.5. The molecule has 2 aliphatic rings. The molecule has 2 heterocycles. The number of halogens is 1.